The first-order valence-electron chi connectivity index (χ1n) is 5.82. The van der Waals surface area contributed by atoms with E-state index in [9.17, 15) is 9.59 Å². The summed E-state index contributed by atoms with van der Waals surface area (Å²) >= 11 is 17.8. The SMILES string of the molecule is COC(=O)c1sc(C(C)(C)C)cc1NC(=O)C(Cl)=C(Cl)Cl. The van der Waals surface area contributed by atoms with Crippen molar-refractivity contribution < 1.29 is 14.3 Å². The van der Waals surface area contributed by atoms with E-state index >= 15 is 0 Å². The Labute approximate surface area is 142 Å². The molecule has 4 nitrogen and oxygen atoms in total. The molecule has 0 aliphatic heterocycles. The first kappa shape index (κ1) is 18.3. The summed E-state index contributed by atoms with van der Waals surface area (Å²) in [7, 11) is 1.27. The predicted octanol–water partition coefficient (Wildman–Crippen LogP) is 4.66. The van der Waals surface area contributed by atoms with Crippen molar-refractivity contribution in [2.75, 3.05) is 12.4 Å². The van der Waals surface area contributed by atoms with Gasteiger partial charge in [0.25, 0.3) is 5.91 Å². The van der Waals surface area contributed by atoms with Gasteiger partial charge in [-0.3, -0.25) is 4.79 Å². The van der Waals surface area contributed by atoms with Crippen LogP contribution in [0.4, 0.5) is 5.69 Å². The standard InChI is InChI=1S/C13H14Cl3NO3S/c1-13(2,3)7-5-6(9(21-7)12(19)20-4)17-11(18)8(14)10(15)16/h5H,1-4H3,(H,17,18). The van der Waals surface area contributed by atoms with Crippen molar-refractivity contribution >= 4 is 63.7 Å². The van der Waals surface area contributed by atoms with Crippen molar-refractivity contribution in [1.82, 2.24) is 0 Å². The number of rotatable bonds is 3. The van der Waals surface area contributed by atoms with Gasteiger partial charge < -0.3 is 10.1 Å². The highest BCUT2D eigenvalue weighted by Gasteiger charge is 2.25. The third-order valence-corrected chi connectivity index (χ3v) is 4.93. The number of anilines is 1. The van der Waals surface area contributed by atoms with E-state index in [1.165, 1.54) is 18.4 Å². The topological polar surface area (TPSA) is 55.4 Å². The van der Waals surface area contributed by atoms with E-state index in [0.717, 1.165) is 4.88 Å². The Morgan fingerprint density at radius 3 is 2.24 bits per heavy atom. The molecule has 0 unspecified atom stereocenters. The van der Waals surface area contributed by atoms with Crippen LogP contribution in [0, 0.1) is 0 Å². The number of thiophene rings is 1. The number of esters is 1. The molecule has 0 saturated heterocycles. The van der Waals surface area contributed by atoms with Gasteiger partial charge >= 0.3 is 5.97 Å². The Kier molecular flexibility index (Phi) is 6.11. The highest BCUT2D eigenvalue weighted by molar-refractivity contribution is 7.14. The van der Waals surface area contributed by atoms with Crippen molar-refractivity contribution in [3.05, 3.63) is 25.3 Å². The maximum Gasteiger partial charge on any atom is 0.350 e. The van der Waals surface area contributed by atoms with Crippen LogP contribution >= 0.6 is 46.1 Å². The smallest absolute Gasteiger partial charge is 0.350 e. The molecule has 0 atom stereocenters. The molecule has 1 heterocycles. The second-order valence-electron chi connectivity index (χ2n) is 5.12. The number of carbonyl (C=O) groups excluding carboxylic acids is 2. The molecule has 1 N–H and O–H groups in total. The average Bonchev–Trinajstić information content (AvgIpc) is 2.80. The summed E-state index contributed by atoms with van der Waals surface area (Å²) in [6, 6.07) is 1.71. The Morgan fingerprint density at radius 1 is 1.24 bits per heavy atom. The summed E-state index contributed by atoms with van der Waals surface area (Å²) in [5, 5.41) is 2.16. The van der Waals surface area contributed by atoms with Crippen LogP contribution in [-0.2, 0) is 14.9 Å². The third kappa shape index (κ3) is 4.61. The first-order chi connectivity index (χ1) is 9.57. The summed E-state index contributed by atoms with van der Waals surface area (Å²) in [6.07, 6.45) is 0. The fourth-order valence-electron chi connectivity index (χ4n) is 1.36. The normalized spacial score (nSPS) is 11.0. The minimum atomic E-state index is -0.694. The van der Waals surface area contributed by atoms with Crippen LogP contribution in [0.25, 0.3) is 0 Å². The molecule has 116 valence electrons. The summed E-state index contributed by atoms with van der Waals surface area (Å²) in [6.45, 7) is 5.98. The van der Waals surface area contributed by atoms with Gasteiger partial charge in [0.15, 0.2) is 0 Å². The lowest BCUT2D eigenvalue weighted by molar-refractivity contribution is -0.112. The number of hydrogen-bond donors (Lipinski definition) is 1. The monoisotopic (exact) mass is 369 g/mol. The lowest BCUT2D eigenvalue weighted by atomic mass is 9.94. The van der Waals surface area contributed by atoms with Gasteiger partial charge in [-0.15, -0.1) is 11.3 Å². The molecule has 21 heavy (non-hydrogen) atoms. The Morgan fingerprint density at radius 2 is 1.81 bits per heavy atom. The van der Waals surface area contributed by atoms with E-state index in [1.54, 1.807) is 6.07 Å². The van der Waals surface area contributed by atoms with Crippen LogP contribution < -0.4 is 5.32 Å². The van der Waals surface area contributed by atoms with Crippen LogP contribution in [0.3, 0.4) is 0 Å². The molecule has 0 radical (unpaired) electrons. The second kappa shape index (κ2) is 7.01. The lowest BCUT2D eigenvalue weighted by Gasteiger charge is -2.15. The Bertz CT molecular complexity index is 598. The molecule has 0 aliphatic carbocycles. The van der Waals surface area contributed by atoms with E-state index in [-0.39, 0.29) is 19.8 Å². The molecular formula is C13H14Cl3NO3S. The highest BCUT2D eigenvalue weighted by Crippen LogP contribution is 2.36. The number of methoxy groups -OCH3 is 1. The van der Waals surface area contributed by atoms with Gasteiger partial charge in [0.1, 0.15) is 14.4 Å². The van der Waals surface area contributed by atoms with Gasteiger partial charge in [0, 0.05) is 4.88 Å². The van der Waals surface area contributed by atoms with Crippen molar-refractivity contribution in [2.45, 2.75) is 26.2 Å². The molecule has 1 aromatic rings. The van der Waals surface area contributed by atoms with Gasteiger partial charge in [0.05, 0.1) is 12.8 Å². The molecule has 0 aromatic carbocycles. The molecule has 0 bridgehead atoms. The van der Waals surface area contributed by atoms with Crippen molar-refractivity contribution in [2.24, 2.45) is 0 Å². The minimum Gasteiger partial charge on any atom is -0.465 e. The Balaban J connectivity index is 3.22. The molecule has 0 aliphatic rings. The van der Waals surface area contributed by atoms with E-state index < -0.39 is 11.9 Å². The van der Waals surface area contributed by atoms with Gasteiger partial charge in [-0.05, 0) is 11.5 Å². The highest BCUT2D eigenvalue weighted by atomic mass is 35.5. The summed E-state index contributed by atoms with van der Waals surface area (Å²) in [5.41, 5.74) is 0.134. The third-order valence-electron chi connectivity index (χ3n) is 2.46. The second-order valence-corrected chi connectivity index (χ2v) is 7.50. The maximum absolute atomic E-state index is 11.9. The summed E-state index contributed by atoms with van der Waals surface area (Å²) in [4.78, 5) is 24.9. The quantitative estimate of drug-likeness (QED) is 0.622. The van der Waals surface area contributed by atoms with Crippen LogP contribution in [0.5, 0.6) is 0 Å². The first-order valence-corrected chi connectivity index (χ1v) is 7.77. The van der Waals surface area contributed by atoms with Crippen LogP contribution in [0.15, 0.2) is 15.6 Å². The molecule has 0 fully saturated rings. The molecular weight excluding hydrogens is 357 g/mol. The number of halogens is 3. The van der Waals surface area contributed by atoms with Crippen molar-refractivity contribution in [3.63, 3.8) is 0 Å². The molecule has 1 rings (SSSR count). The number of amides is 1. The number of ether oxygens (including phenoxy) is 1. The average molecular weight is 371 g/mol. The van der Waals surface area contributed by atoms with Gasteiger partial charge in [-0.1, -0.05) is 55.6 Å². The van der Waals surface area contributed by atoms with Gasteiger partial charge in [-0.2, -0.15) is 0 Å². The zero-order valence-corrected chi connectivity index (χ0v) is 14.9. The largest absolute Gasteiger partial charge is 0.465 e. The van der Waals surface area contributed by atoms with E-state index in [0.29, 0.717) is 5.69 Å². The number of carbonyl (C=O) groups is 2. The molecule has 0 saturated carbocycles. The van der Waals surface area contributed by atoms with Crippen LogP contribution in [0.1, 0.15) is 35.3 Å². The van der Waals surface area contributed by atoms with E-state index in [1.807, 2.05) is 20.8 Å². The van der Waals surface area contributed by atoms with Gasteiger partial charge in [0.2, 0.25) is 0 Å². The maximum atomic E-state index is 11.9. The van der Waals surface area contributed by atoms with Crippen molar-refractivity contribution in [3.8, 4) is 0 Å². The van der Waals surface area contributed by atoms with E-state index in [4.69, 9.17) is 39.5 Å². The number of hydrogen-bond acceptors (Lipinski definition) is 4. The number of nitrogens with one attached hydrogen (secondary N) is 1. The lowest BCUT2D eigenvalue weighted by Crippen LogP contribution is -2.14. The molecule has 1 amide bonds. The molecule has 1 aromatic heterocycles. The van der Waals surface area contributed by atoms with E-state index in [2.05, 4.69) is 5.32 Å². The van der Waals surface area contributed by atoms with Gasteiger partial charge in [-0.25, -0.2) is 4.79 Å². The van der Waals surface area contributed by atoms with Crippen molar-refractivity contribution in [1.29, 1.82) is 0 Å². The predicted molar refractivity (Wildman–Crippen MR) is 87.6 cm³/mol. The summed E-state index contributed by atoms with van der Waals surface area (Å²) < 4.78 is 4.37. The molecule has 8 heteroatoms. The minimum absolute atomic E-state index is 0.180. The summed E-state index contributed by atoms with van der Waals surface area (Å²) in [5.74, 6) is -1.23. The van der Waals surface area contributed by atoms with Crippen LogP contribution in [0.2, 0.25) is 0 Å². The van der Waals surface area contributed by atoms with Crippen LogP contribution in [-0.4, -0.2) is 19.0 Å². The fraction of sp³-hybridized carbons (Fsp3) is 0.385. The Hall–Kier alpha value is -0.750. The zero-order chi connectivity index (χ0) is 16.4. The zero-order valence-electron chi connectivity index (χ0n) is 11.8. The fourth-order valence-corrected chi connectivity index (χ4v) is 2.67. The molecule has 0 spiro atoms.